The molecule has 0 fully saturated rings. The molecule has 0 aliphatic rings. The van der Waals surface area contributed by atoms with Crippen LogP contribution in [-0.2, 0) is 0 Å². The van der Waals surface area contributed by atoms with Gasteiger partial charge in [0.1, 0.15) is 10.6 Å². The van der Waals surface area contributed by atoms with Gasteiger partial charge in [-0.2, -0.15) is 0 Å². The van der Waals surface area contributed by atoms with E-state index in [4.69, 9.17) is 0 Å². The molecule has 0 saturated carbocycles. The van der Waals surface area contributed by atoms with E-state index < -0.39 is 23.2 Å². The second-order valence-corrected chi connectivity index (χ2v) is 6.01. The SMILES string of the molecule is CC(C)c1nnsc1C(=O)Nc1c(F)cc(Br)cc1F. The monoisotopic (exact) mass is 361 g/mol. The minimum atomic E-state index is -0.853. The van der Waals surface area contributed by atoms with Crippen LogP contribution < -0.4 is 5.32 Å². The molecule has 0 aliphatic carbocycles. The number of halogens is 3. The Balaban J connectivity index is 2.31. The van der Waals surface area contributed by atoms with Crippen LogP contribution in [0, 0.1) is 11.6 Å². The maximum absolute atomic E-state index is 13.7. The van der Waals surface area contributed by atoms with Gasteiger partial charge in [0.25, 0.3) is 5.91 Å². The normalized spacial score (nSPS) is 10.9. The fourth-order valence-corrected chi connectivity index (χ4v) is 2.68. The summed E-state index contributed by atoms with van der Waals surface area (Å²) in [4.78, 5) is 12.3. The van der Waals surface area contributed by atoms with Gasteiger partial charge in [0.05, 0.1) is 5.69 Å². The van der Waals surface area contributed by atoms with Gasteiger partial charge in [-0.05, 0) is 29.6 Å². The van der Waals surface area contributed by atoms with E-state index in [1.165, 1.54) is 0 Å². The summed E-state index contributed by atoms with van der Waals surface area (Å²) >= 11 is 3.86. The van der Waals surface area contributed by atoms with Crippen LogP contribution in [0.15, 0.2) is 16.6 Å². The average Bonchev–Trinajstić information content (AvgIpc) is 2.82. The predicted molar refractivity (Wildman–Crippen MR) is 76.0 cm³/mol. The molecule has 2 rings (SSSR count). The first-order valence-electron chi connectivity index (χ1n) is 5.68. The summed E-state index contributed by atoms with van der Waals surface area (Å²) < 4.78 is 31.3. The number of hydrogen-bond donors (Lipinski definition) is 1. The van der Waals surface area contributed by atoms with Crippen LogP contribution in [0.1, 0.15) is 35.1 Å². The van der Waals surface area contributed by atoms with Gasteiger partial charge in [0.15, 0.2) is 11.6 Å². The molecule has 2 aromatic rings. The zero-order valence-corrected chi connectivity index (χ0v) is 13.0. The largest absolute Gasteiger partial charge is 0.316 e. The molecule has 0 saturated heterocycles. The number of rotatable bonds is 3. The second kappa shape index (κ2) is 5.92. The topological polar surface area (TPSA) is 54.9 Å². The Bertz CT molecular complexity index is 637. The summed E-state index contributed by atoms with van der Waals surface area (Å²) in [6.45, 7) is 3.71. The van der Waals surface area contributed by atoms with E-state index in [1.54, 1.807) is 0 Å². The Kier molecular flexibility index (Phi) is 4.44. The number of hydrogen-bond acceptors (Lipinski definition) is 4. The van der Waals surface area contributed by atoms with E-state index in [0.29, 0.717) is 5.69 Å². The average molecular weight is 362 g/mol. The van der Waals surface area contributed by atoms with E-state index in [9.17, 15) is 13.6 Å². The van der Waals surface area contributed by atoms with E-state index in [1.807, 2.05) is 13.8 Å². The Hall–Kier alpha value is -1.41. The van der Waals surface area contributed by atoms with Crippen molar-refractivity contribution in [1.29, 1.82) is 0 Å². The van der Waals surface area contributed by atoms with Gasteiger partial charge >= 0.3 is 0 Å². The number of benzene rings is 1. The third-order valence-electron chi connectivity index (χ3n) is 2.51. The zero-order chi connectivity index (χ0) is 14.9. The molecular formula is C12H10BrF2N3OS. The molecule has 4 nitrogen and oxygen atoms in total. The van der Waals surface area contributed by atoms with Gasteiger partial charge < -0.3 is 5.32 Å². The highest BCUT2D eigenvalue weighted by Gasteiger charge is 2.21. The summed E-state index contributed by atoms with van der Waals surface area (Å²) in [7, 11) is 0. The van der Waals surface area contributed by atoms with Crippen LogP contribution >= 0.6 is 27.5 Å². The summed E-state index contributed by atoms with van der Waals surface area (Å²) in [5.74, 6) is -2.33. The van der Waals surface area contributed by atoms with Crippen molar-refractivity contribution >= 4 is 39.1 Å². The van der Waals surface area contributed by atoms with Gasteiger partial charge in [-0.3, -0.25) is 4.79 Å². The van der Waals surface area contributed by atoms with E-state index >= 15 is 0 Å². The molecule has 20 heavy (non-hydrogen) atoms. The van der Waals surface area contributed by atoms with E-state index in [2.05, 4.69) is 30.8 Å². The zero-order valence-electron chi connectivity index (χ0n) is 10.6. The fraction of sp³-hybridized carbons (Fsp3) is 0.250. The number of nitrogens with zero attached hydrogens (tertiary/aromatic N) is 2. The lowest BCUT2D eigenvalue weighted by Gasteiger charge is -2.08. The third kappa shape index (κ3) is 3.01. The van der Waals surface area contributed by atoms with Crippen LogP contribution in [-0.4, -0.2) is 15.5 Å². The smallest absolute Gasteiger partial charge is 0.269 e. The van der Waals surface area contributed by atoms with Crippen molar-refractivity contribution in [3.8, 4) is 0 Å². The predicted octanol–water partition coefficient (Wildman–Crippen LogP) is 3.95. The summed E-state index contributed by atoms with van der Waals surface area (Å²) in [5.41, 5.74) is 0.0201. The molecule has 1 N–H and O–H groups in total. The summed E-state index contributed by atoms with van der Waals surface area (Å²) in [5, 5.41) is 6.07. The second-order valence-electron chi connectivity index (χ2n) is 4.34. The lowest BCUT2D eigenvalue weighted by atomic mass is 10.1. The van der Waals surface area contributed by atoms with Crippen LogP contribution in [0.4, 0.5) is 14.5 Å². The molecule has 0 aliphatic heterocycles. The van der Waals surface area contributed by atoms with Crippen LogP contribution in [0.5, 0.6) is 0 Å². The molecule has 0 radical (unpaired) electrons. The third-order valence-corrected chi connectivity index (χ3v) is 3.71. The highest BCUT2D eigenvalue weighted by molar-refractivity contribution is 9.10. The number of anilines is 1. The van der Waals surface area contributed by atoms with E-state index in [0.717, 1.165) is 23.7 Å². The Labute approximate surface area is 126 Å². The van der Waals surface area contributed by atoms with Crippen LogP contribution in [0.2, 0.25) is 0 Å². The van der Waals surface area contributed by atoms with Crippen LogP contribution in [0.3, 0.4) is 0 Å². The molecule has 1 heterocycles. The lowest BCUT2D eigenvalue weighted by Crippen LogP contribution is -2.15. The summed E-state index contributed by atoms with van der Waals surface area (Å²) in [6.07, 6.45) is 0. The molecular weight excluding hydrogens is 352 g/mol. The molecule has 106 valence electrons. The molecule has 0 atom stereocenters. The number of nitrogens with one attached hydrogen (secondary N) is 1. The maximum Gasteiger partial charge on any atom is 0.269 e. The highest BCUT2D eigenvalue weighted by atomic mass is 79.9. The fourth-order valence-electron chi connectivity index (χ4n) is 1.56. The molecule has 8 heteroatoms. The Morgan fingerprint density at radius 2 is 1.95 bits per heavy atom. The minimum absolute atomic E-state index is 0.00545. The number of carbonyl (C=O) groups is 1. The van der Waals surface area contributed by atoms with Crippen molar-refractivity contribution in [2.45, 2.75) is 19.8 Å². The standard InChI is InChI=1S/C12H10BrF2N3OS/c1-5(2)9-11(20-18-17-9)12(19)16-10-7(14)3-6(13)4-8(10)15/h3-5H,1-2H3,(H,16,19). The Morgan fingerprint density at radius 3 is 2.50 bits per heavy atom. The molecule has 1 amide bonds. The van der Waals surface area contributed by atoms with Crippen molar-refractivity contribution in [1.82, 2.24) is 9.59 Å². The number of amides is 1. The van der Waals surface area contributed by atoms with Crippen LogP contribution in [0.25, 0.3) is 0 Å². The van der Waals surface area contributed by atoms with Gasteiger partial charge in [0, 0.05) is 4.47 Å². The maximum atomic E-state index is 13.7. The molecule has 1 aromatic carbocycles. The molecule has 0 spiro atoms. The van der Waals surface area contributed by atoms with Gasteiger partial charge in [-0.1, -0.05) is 34.3 Å². The summed E-state index contributed by atoms with van der Waals surface area (Å²) in [6, 6.07) is 2.15. The van der Waals surface area contributed by atoms with Crippen molar-refractivity contribution < 1.29 is 13.6 Å². The first-order chi connectivity index (χ1) is 9.40. The Morgan fingerprint density at radius 1 is 1.35 bits per heavy atom. The number of carbonyl (C=O) groups excluding carboxylic acids is 1. The van der Waals surface area contributed by atoms with Gasteiger partial charge in [0.2, 0.25) is 0 Å². The van der Waals surface area contributed by atoms with Crippen molar-refractivity contribution in [3.63, 3.8) is 0 Å². The first-order valence-corrected chi connectivity index (χ1v) is 7.25. The quantitative estimate of drug-likeness (QED) is 0.900. The number of aromatic nitrogens is 2. The van der Waals surface area contributed by atoms with Gasteiger partial charge in [-0.15, -0.1) is 5.10 Å². The van der Waals surface area contributed by atoms with Gasteiger partial charge in [-0.25, -0.2) is 8.78 Å². The molecule has 0 unspecified atom stereocenters. The van der Waals surface area contributed by atoms with Crippen molar-refractivity contribution in [2.24, 2.45) is 0 Å². The first kappa shape index (κ1) is 15.0. The molecule has 0 bridgehead atoms. The lowest BCUT2D eigenvalue weighted by molar-refractivity contribution is 0.102. The van der Waals surface area contributed by atoms with Crippen molar-refractivity contribution in [2.75, 3.05) is 5.32 Å². The minimum Gasteiger partial charge on any atom is -0.316 e. The van der Waals surface area contributed by atoms with Crippen molar-refractivity contribution in [3.05, 3.63) is 38.8 Å². The van der Waals surface area contributed by atoms with E-state index in [-0.39, 0.29) is 15.3 Å². The molecule has 1 aromatic heterocycles. The highest BCUT2D eigenvalue weighted by Crippen LogP contribution is 2.26.